The van der Waals surface area contributed by atoms with Gasteiger partial charge in [0.25, 0.3) is 0 Å². The monoisotopic (exact) mass is 97.1 g/mol. The van der Waals surface area contributed by atoms with Gasteiger partial charge in [0.1, 0.15) is 0 Å². The molecule has 0 atom stereocenters. The first-order chi connectivity index (χ1) is 3.43. The summed E-state index contributed by atoms with van der Waals surface area (Å²) in [7, 11) is 0. The highest BCUT2D eigenvalue weighted by Gasteiger charge is 1.94. The predicted molar refractivity (Wildman–Crippen MR) is 28.8 cm³/mol. The van der Waals surface area contributed by atoms with E-state index in [0.29, 0.717) is 0 Å². The summed E-state index contributed by atoms with van der Waals surface area (Å²) in [6, 6.07) is 0. The van der Waals surface area contributed by atoms with Crippen LogP contribution in [0.4, 0.5) is 0 Å². The van der Waals surface area contributed by atoms with Crippen LogP contribution < -0.4 is 11.1 Å². The number of nitrogens with zero attached hydrogens (tertiary/aromatic N) is 1. The van der Waals surface area contributed by atoms with E-state index in [9.17, 15) is 0 Å². The Morgan fingerprint density at radius 2 is 2.86 bits per heavy atom. The van der Waals surface area contributed by atoms with Gasteiger partial charge in [0.15, 0.2) is 0 Å². The van der Waals surface area contributed by atoms with Crippen LogP contribution in [0.25, 0.3) is 0 Å². The standard InChI is InChI=1S/C4H7N3/c5-1-4-2-6-3-7-4/h1,3H,2,5H2,(H,6,7)/b4-1+. The van der Waals surface area contributed by atoms with Gasteiger partial charge in [0.2, 0.25) is 0 Å². The molecule has 1 aliphatic rings. The van der Waals surface area contributed by atoms with E-state index in [4.69, 9.17) is 5.73 Å². The molecule has 7 heavy (non-hydrogen) atoms. The molecule has 0 aliphatic carbocycles. The zero-order valence-electron chi connectivity index (χ0n) is 3.89. The molecule has 1 aliphatic heterocycles. The summed E-state index contributed by atoms with van der Waals surface area (Å²) >= 11 is 0. The van der Waals surface area contributed by atoms with Crippen molar-refractivity contribution in [3.05, 3.63) is 11.9 Å². The first kappa shape index (κ1) is 4.18. The van der Waals surface area contributed by atoms with Crippen LogP contribution in [0.5, 0.6) is 0 Å². The molecule has 0 bridgehead atoms. The number of hydrogen-bond donors (Lipinski definition) is 2. The van der Waals surface area contributed by atoms with Gasteiger partial charge in [-0.05, 0) is 0 Å². The second-order valence-electron chi connectivity index (χ2n) is 1.30. The molecule has 0 aromatic heterocycles. The van der Waals surface area contributed by atoms with Crippen molar-refractivity contribution in [2.24, 2.45) is 10.7 Å². The number of aliphatic imine (C=N–C) groups is 1. The fourth-order valence-electron chi connectivity index (χ4n) is 0.426. The molecule has 0 saturated carbocycles. The maximum Gasteiger partial charge on any atom is 0.0887 e. The van der Waals surface area contributed by atoms with Crippen LogP contribution in [0.1, 0.15) is 0 Å². The van der Waals surface area contributed by atoms with Gasteiger partial charge in [0.05, 0.1) is 18.6 Å². The zero-order valence-corrected chi connectivity index (χ0v) is 3.89. The lowest BCUT2D eigenvalue weighted by molar-refractivity contribution is 1.05. The lowest BCUT2D eigenvalue weighted by atomic mass is 10.5. The molecule has 0 fully saturated rings. The molecule has 3 nitrogen and oxygen atoms in total. The van der Waals surface area contributed by atoms with E-state index in [0.717, 1.165) is 12.2 Å². The van der Waals surface area contributed by atoms with Crippen LogP contribution in [0, 0.1) is 0 Å². The Kier molecular flexibility index (Phi) is 0.978. The molecule has 0 aromatic carbocycles. The normalized spacial score (nSPS) is 23.1. The van der Waals surface area contributed by atoms with Gasteiger partial charge in [-0.2, -0.15) is 0 Å². The molecule has 0 saturated heterocycles. The topological polar surface area (TPSA) is 50.4 Å². The fraction of sp³-hybridized carbons (Fsp3) is 0.250. The van der Waals surface area contributed by atoms with Crippen LogP contribution in [-0.4, -0.2) is 12.9 Å². The molecule has 38 valence electrons. The average molecular weight is 97.1 g/mol. The number of hydrogen-bond acceptors (Lipinski definition) is 3. The molecule has 0 amide bonds. The van der Waals surface area contributed by atoms with Gasteiger partial charge in [-0.15, -0.1) is 0 Å². The van der Waals surface area contributed by atoms with Crippen molar-refractivity contribution in [3.63, 3.8) is 0 Å². The van der Waals surface area contributed by atoms with E-state index in [2.05, 4.69) is 10.3 Å². The molecule has 0 spiro atoms. The second kappa shape index (κ2) is 1.64. The van der Waals surface area contributed by atoms with Crippen molar-refractivity contribution < 1.29 is 0 Å². The van der Waals surface area contributed by atoms with Crippen molar-refractivity contribution in [1.29, 1.82) is 0 Å². The van der Waals surface area contributed by atoms with Gasteiger partial charge in [-0.1, -0.05) is 0 Å². The van der Waals surface area contributed by atoms with Crippen molar-refractivity contribution in [2.45, 2.75) is 0 Å². The van der Waals surface area contributed by atoms with Gasteiger partial charge < -0.3 is 11.1 Å². The molecular formula is C4H7N3. The van der Waals surface area contributed by atoms with Crippen LogP contribution in [0.3, 0.4) is 0 Å². The maximum atomic E-state index is 5.12. The minimum Gasteiger partial charge on any atom is -0.403 e. The van der Waals surface area contributed by atoms with Crippen LogP contribution in [0.2, 0.25) is 0 Å². The SMILES string of the molecule is N/C=C1\CNC=N1. The molecule has 0 aromatic rings. The Morgan fingerprint density at radius 1 is 2.00 bits per heavy atom. The molecule has 1 rings (SSSR count). The average Bonchev–Trinajstić information content (AvgIpc) is 2.14. The Morgan fingerprint density at radius 3 is 3.14 bits per heavy atom. The third-order valence-corrected chi connectivity index (χ3v) is 0.797. The van der Waals surface area contributed by atoms with E-state index in [1.54, 1.807) is 6.34 Å². The Labute approximate surface area is 41.9 Å². The first-order valence-electron chi connectivity index (χ1n) is 2.10. The van der Waals surface area contributed by atoms with Crippen LogP contribution in [0.15, 0.2) is 16.9 Å². The van der Waals surface area contributed by atoms with E-state index in [-0.39, 0.29) is 0 Å². The number of nitrogens with two attached hydrogens (primary N) is 1. The first-order valence-corrected chi connectivity index (χ1v) is 2.10. The van der Waals surface area contributed by atoms with E-state index < -0.39 is 0 Å². The summed E-state index contributed by atoms with van der Waals surface area (Å²) in [5.41, 5.74) is 6.02. The highest BCUT2D eigenvalue weighted by atomic mass is 15.0. The number of nitrogens with one attached hydrogen (secondary N) is 1. The van der Waals surface area contributed by atoms with Gasteiger partial charge in [-0.3, -0.25) is 0 Å². The summed E-state index contributed by atoms with van der Waals surface area (Å²) in [6.07, 6.45) is 3.13. The molecule has 0 unspecified atom stereocenters. The minimum absolute atomic E-state index is 0.774. The molecule has 3 N–H and O–H groups in total. The summed E-state index contributed by atoms with van der Waals surface area (Å²) in [5, 5.41) is 2.88. The zero-order chi connectivity index (χ0) is 5.11. The Bertz CT molecular complexity index is 111. The summed E-state index contributed by atoms with van der Waals surface area (Å²) in [5.74, 6) is 0. The molecule has 0 radical (unpaired) electrons. The Hall–Kier alpha value is -0.990. The maximum absolute atomic E-state index is 5.12. The largest absolute Gasteiger partial charge is 0.403 e. The second-order valence-corrected chi connectivity index (χ2v) is 1.30. The Balaban J connectivity index is 2.59. The lowest BCUT2D eigenvalue weighted by Gasteiger charge is -1.83. The van der Waals surface area contributed by atoms with Crippen molar-refractivity contribution in [2.75, 3.05) is 6.54 Å². The summed E-state index contributed by atoms with van der Waals surface area (Å²) in [4.78, 5) is 3.85. The number of rotatable bonds is 0. The molecule has 1 heterocycles. The van der Waals surface area contributed by atoms with E-state index in [1.807, 2.05) is 0 Å². The van der Waals surface area contributed by atoms with Gasteiger partial charge in [0, 0.05) is 6.20 Å². The third-order valence-electron chi connectivity index (χ3n) is 0.797. The van der Waals surface area contributed by atoms with Crippen LogP contribution in [-0.2, 0) is 0 Å². The lowest BCUT2D eigenvalue weighted by Crippen LogP contribution is -2.05. The quantitative estimate of drug-likeness (QED) is 0.425. The minimum atomic E-state index is 0.774. The van der Waals surface area contributed by atoms with Crippen molar-refractivity contribution in [1.82, 2.24) is 5.32 Å². The highest BCUT2D eigenvalue weighted by molar-refractivity contribution is 5.60. The van der Waals surface area contributed by atoms with E-state index >= 15 is 0 Å². The van der Waals surface area contributed by atoms with Crippen molar-refractivity contribution >= 4 is 6.34 Å². The van der Waals surface area contributed by atoms with E-state index in [1.165, 1.54) is 6.20 Å². The predicted octanol–water partition coefficient (Wildman–Crippen LogP) is -0.582. The molecular weight excluding hydrogens is 90.1 g/mol. The third kappa shape index (κ3) is 0.707. The van der Waals surface area contributed by atoms with Crippen LogP contribution >= 0.6 is 0 Å². The van der Waals surface area contributed by atoms with Crippen molar-refractivity contribution in [3.8, 4) is 0 Å². The molecule has 3 heteroatoms. The van der Waals surface area contributed by atoms with Gasteiger partial charge >= 0.3 is 0 Å². The highest BCUT2D eigenvalue weighted by Crippen LogP contribution is 1.92. The van der Waals surface area contributed by atoms with Gasteiger partial charge in [-0.25, -0.2) is 4.99 Å². The fourth-order valence-corrected chi connectivity index (χ4v) is 0.426. The summed E-state index contributed by atoms with van der Waals surface area (Å²) in [6.45, 7) is 0.774. The summed E-state index contributed by atoms with van der Waals surface area (Å²) < 4.78 is 0. The smallest absolute Gasteiger partial charge is 0.0887 e.